The van der Waals surface area contributed by atoms with Crippen LogP contribution in [0.25, 0.3) is 0 Å². The van der Waals surface area contributed by atoms with Gasteiger partial charge in [-0.15, -0.1) is 13.2 Å². The van der Waals surface area contributed by atoms with E-state index in [0.29, 0.717) is 0 Å². The highest BCUT2D eigenvalue weighted by molar-refractivity contribution is 5.49. The van der Waals surface area contributed by atoms with Gasteiger partial charge < -0.3 is 21.3 Å². The molecular formula is C8H10F3N3O2. The van der Waals surface area contributed by atoms with Gasteiger partial charge in [-0.2, -0.15) is 0 Å². The molecule has 0 fully saturated rings. The number of ether oxygens (including phenoxy) is 1. The summed E-state index contributed by atoms with van der Waals surface area (Å²) in [5.41, 5.74) is 10.4. The Morgan fingerprint density at radius 2 is 2.00 bits per heavy atom. The Kier molecular flexibility index (Phi) is 3.55. The number of pyridine rings is 1. The van der Waals surface area contributed by atoms with Crippen molar-refractivity contribution in [1.29, 1.82) is 0 Å². The maximum absolute atomic E-state index is 12.0. The zero-order chi connectivity index (χ0) is 12.3. The Morgan fingerprint density at radius 1 is 1.38 bits per heavy atom. The molecule has 0 saturated heterocycles. The van der Waals surface area contributed by atoms with Crippen LogP contribution in [-0.4, -0.2) is 16.5 Å². The van der Waals surface area contributed by atoms with Gasteiger partial charge in [0.1, 0.15) is 0 Å². The summed E-state index contributed by atoms with van der Waals surface area (Å²) in [6.45, 7) is -0.732. The molecule has 90 valence electrons. The van der Waals surface area contributed by atoms with Crippen molar-refractivity contribution in [3.8, 4) is 5.75 Å². The standard InChI is InChI=1S/C8H10F3N3O2/c9-8(10,11)16-7-1-4(13)6(3-15)14-5(7)2-12/h1,15H,2-3,12-13H2. The zero-order valence-electron chi connectivity index (χ0n) is 8.08. The van der Waals surface area contributed by atoms with Crippen molar-refractivity contribution in [2.75, 3.05) is 5.73 Å². The van der Waals surface area contributed by atoms with Crippen LogP contribution in [0.5, 0.6) is 5.75 Å². The van der Waals surface area contributed by atoms with Gasteiger partial charge in [0.25, 0.3) is 0 Å². The maximum atomic E-state index is 12.0. The Balaban J connectivity index is 3.13. The van der Waals surface area contributed by atoms with Gasteiger partial charge in [0.05, 0.1) is 23.7 Å². The monoisotopic (exact) mass is 237 g/mol. The van der Waals surface area contributed by atoms with E-state index in [-0.39, 0.29) is 23.6 Å². The maximum Gasteiger partial charge on any atom is 0.573 e. The van der Waals surface area contributed by atoms with Crippen molar-refractivity contribution in [2.45, 2.75) is 19.5 Å². The lowest BCUT2D eigenvalue weighted by atomic mass is 10.2. The van der Waals surface area contributed by atoms with Crippen LogP contribution in [0.2, 0.25) is 0 Å². The molecule has 0 bridgehead atoms. The van der Waals surface area contributed by atoms with Crippen molar-refractivity contribution < 1.29 is 23.0 Å². The van der Waals surface area contributed by atoms with Crippen LogP contribution in [0.4, 0.5) is 18.9 Å². The van der Waals surface area contributed by atoms with Crippen molar-refractivity contribution in [3.05, 3.63) is 17.5 Å². The van der Waals surface area contributed by atoms with Gasteiger partial charge in [0.2, 0.25) is 0 Å². The molecule has 0 radical (unpaired) electrons. The van der Waals surface area contributed by atoms with Crippen molar-refractivity contribution in [3.63, 3.8) is 0 Å². The van der Waals surface area contributed by atoms with Gasteiger partial charge in [-0.25, -0.2) is 4.98 Å². The van der Waals surface area contributed by atoms with Crippen molar-refractivity contribution in [1.82, 2.24) is 4.98 Å². The Morgan fingerprint density at radius 3 is 2.44 bits per heavy atom. The Hall–Kier alpha value is -1.54. The van der Waals surface area contributed by atoms with Crippen LogP contribution in [0, 0.1) is 0 Å². The fraction of sp³-hybridized carbons (Fsp3) is 0.375. The summed E-state index contributed by atoms with van der Waals surface area (Å²) in [4.78, 5) is 3.67. The predicted octanol–water partition coefficient (Wildman–Crippen LogP) is 0.513. The third kappa shape index (κ3) is 2.97. The highest BCUT2D eigenvalue weighted by Crippen LogP contribution is 2.28. The van der Waals surface area contributed by atoms with Gasteiger partial charge in [-0.3, -0.25) is 0 Å². The highest BCUT2D eigenvalue weighted by atomic mass is 19.4. The number of halogens is 3. The number of aliphatic hydroxyl groups is 1. The molecule has 0 aliphatic heterocycles. The molecule has 1 aromatic heterocycles. The second kappa shape index (κ2) is 4.54. The fourth-order valence-electron chi connectivity index (χ4n) is 1.08. The first-order valence-corrected chi connectivity index (χ1v) is 4.22. The average molecular weight is 237 g/mol. The van der Waals surface area contributed by atoms with E-state index < -0.39 is 18.7 Å². The number of alkyl halides is 3. The lowest BCUT2D eigenvalue weighted by molar-refractivity contribution is -0.275. The summed E-state index contributed by atoms with van der Waals surface area (Å²) in [7, 11) is 0. The van der Waals surface area contributed by atoms with E-state index in [0.717, 1.165) is 6.07 Å². The van der Waals surface area contributed by atoms with Crippen LogP contribution in [-0.2, 0) is 13.2 Å². The zero-order valence-corrected chi connectivity index (χ0v) is 8.08. The van der Waals surface area contributed by atoms with E-state index in [1.54, 1.807) is 0 Å². The number of hydrogen-bond acceptors (Lipinski definition) is 5. The molecule has 0 atom stereocenters. The van der Waals surface area contributed by atoms with Crippen molar-refractivity contribution in [2.24, 2.45) is 5.73 Å². The molecule has 1 rings (SSSR count). The Bertz CT molecular complexity index is 382. The van der Waals surface area contributed by atoms with Gasteiger partial charge in [0.15, 0.2) is 5.75 Å². The van der Waals surface area contributed by atoms with Crippen LogP contribution >= 0.6 is 0 Å². The fourth-order valence-corrected chi connectivity index (χ4v) is 1.08. The summed E-state index contributed by atoms with van der Waals surface area (Å²) >= 11 is 0. The first kappa shape index (κ1) is 12.5. The smallest absolute Gasteiger partial charge is 0.404 e. The average Bonchev–Trinajstić information content (AvgIpc) is 2.16. The number of hydrogen-bond donors (Lipinski definition) is 3. The third-order valence-corrected chi connectivity index (χ3v) is 1.74. The van der Waals surface area contributed by atoms with Crippen molar-refractivity contribution >= 4 is 5.69 Å². The summed E-state index contributed by atoms with van der Waals surface area (Å²) < 4.78 is 39.7. The molecule has 0 aliphatic carbocycles. The number of aromatic nitrogens is 1. The molecular weight excluding hydrogens is 227 g/mol. The van der Waals surface area contributed by atoms with Gasteiger partial charge in [-0.05, 0) is 0 Å². The summed E-state index contributed by atoms with van der Waals surface area (Å²) in [6.07, 6.45) is -4.83. The number of nitrogens with zero attached hydrogens (tertiary/aromatic N) is 1. The molecule has 0 saturated carbocycles. The molecule has 0 aromatic carbocycles. The predicted molar refractivity (Wildman–Crippen MR) is 49.1 cm³/mol. The molecule has 0 amide bonds. The molecule has 5 nitrogen and oxygen atoms in total. The van der Waals surface area contributed by atoms with E-state index in [2.05, 4.69) is 9.72 Å². The molecule has 0 spiro atoms. The summed E-state index contributed by atoms with van der Waals surface area (Å²) in [6, 6.07) is 0.939. The third-order valence-electron chi connectivity index (χ3n) is 1.74. The minimum atomic E-state index is -4.83. The van der Waals surface area contributed by atoms with Crippen LogP contribution < -0.4 is 16.2 Å². The van der Waals surface area contributed by atoms with Gasteiger partial charge in [-0.1, -0.05) is 0 Å². The van der Waals surface area contributed by atoms with E-state index in [1.165, 1.54) is 0 Å². The van der Waals surface area contributed by atoms with Gasteiger partial charge in [0, 0.05) is 12.6 Å². The van der Waals surface area contributed by atoms with Crippen LogP contribution in [0.15, 0.2) is 6.07 Å². The molecule has 1 aromatic rings. The SMILES string of the molecule is NCc1nc(CO)c(N)cc1OC(F)(F)F. The quantitative estimate of drug-likeness (QED) is 0.712. The summed E-state index contributed by atoms with van der Waals surface area (Å²) in [5, 5.41) is 8.82. The largest absolute Gasteiger partial charge is 0.573 e. The Labute approximate surface area is 88.8 Å². The topological polar surface area (TPSA) is 94.4 Å². The van der Waals surface area contributed by atoms with E-state index >= 15 is 0 Å². The molecule has 1 heterocycles. The molecule has 5 N–H and O–H groups in total. The van der Waals surface area contributed by atoms with Gasteiger partial charge >= 0.3 is 6.36 Å². The number of aliphatic hydroxyl groups excluding tert-OH is 1. The number of anilines is 1. The number of nitrogen functional groups attached to an aromatic ring is 1. The second-order valence-electron chi connectivity index (χ2n) is 2.88. The van der Waals surface area contributed by atoms with Crippen LogP contribution in [0.1, 0.15) is 11.4 Å². The first-order valence-electron chi connectivity index (χ1n) is 4.22. The minimum absolute atomic E-state index is 0.0648. The van der Waals surface area contributed by atoms with E-state index in [9.17, 15) is 13.2 Å². The minimum Gasteiger partial charge on any atom is -0.404 e. The normalized spacial score (nSPS) is 11.6. The lowest BCUT2D eigenvalue weighted by Crippen LogP contribution is -2.20. The molecule has 8 heteroatoms. The molecule has 16 heavy (non-hydrogen) atoms. The number of rotatable bonds is 3. The lowest BCUT2D eigenvalue weighted by Gasteiger charge is -2.13. The van der Waals surface area contributed by atoms with E-state index in [4.69, 9.17) is 16.6 Å². The highest BCUT2D eigenvalue weighted by Gasteiger charge is 2.32. The van der Waals surface area contributed by atoms with E-state index in [1.807, 2.05) is 0 Å². The number of nitrogens with two attached hydrogens (primary N) is 2. The molecule has 0 unspecified atom stereocenters. The first-order chi connectivity index (χ1) is 7.37. The van der Waals surface area contributed by atoms with Crippen LogP contribution in [0.3, 0.4) is 0 Å². The molecule has 0 aliphatic rings. The summed E-state index contributed by atoms with van der Waals surface area (Å²) in [5.74, 6) is -0.551. The second-order valence-corrected chi connectivity index (χ2v) is 2.88.